The number of amides is 1. The summed E-state index contributed by atoms with van der Waals surface area (Å²) >= 11 is 4.44. The number of aromatic carboxylic acids is 1. The maximum absolute atomic E-state index is 12.6. The summed E-state index contributed by atoms with van der Waals surface area (Å²) in [5.41, 5.74) is 5.11. The Bertz CT molecular complexity index is 1320. The van der Waals surface area contributed by atoms with Gasteiger partial charge in [-0.1, -0.05) is 25.1 Å². The minimum atomic E-state index is -1.34. The van der Waals surface area contributed by atoms with E-state index in [-0.39, 0.29) is 28.1 Å². The molecule has 0 aromatic heterocycles. The van der Waals surface area contributed by atoms with Crippen molar-refractivity contribution in [2.45, 2.75) is 11.8 Å². The van der Waals surface area contributed by atoms with Crippen LogP contribution in [-0.4, -0.2) is 41.5 Å². The molecule has 10 heteroatoms. The first kappa shape index (κ1) is 26.9. The minimum absolute atomic E-state index is 0.0810. The predicted octanol–water partition coefficient (Wildman–Crippen LogP) is 3.90. The Morgan fingerprint density at radius 1 is 1.14 bits per heavy atom. The number of para-hydroxylation sites is 1. The topological polar surface area (TPSA) is 170 Å². The fourth-order valence-corrected chi connectivity index (χ4v) is 3.38. The second-order valence-corrected chi connectivity index (χ2v) is 7.48. The van der Waals surface area contributed by atoms with Gasteiger partial charge < -0.3 is 26.0 Å². The second-order valence-electron chi connectivity index (χ2n) is 7.00. The molecule has 35 heavy (non-hydrogen) atoms. The molecule has 0 spiro atoms. The molecule has 0 saturated carbocycles. The van der Waals surface area contributed by atoms with Crippen molar-refractivity contribution in [1.29, 1.82) is 10.7 Å². The largest absolute Gasteiger partial charge is 0.507 e. The van der Waals surface area contributed by atoms with E-state index in [0.717, 1.165) is 12.6 Å². The van der Waals surface area contributed by atoms with Gasteiger partial charge in [0.25, 0.3) is 5.91 Å². The minimum Gasteiger partial charge on any atom is -0.507 e. The fraction of sp³-hybridized carbons (Fsp3) is 0.120. The number of nitrogens with one attached hydrogen (secondary N) is 2. The molecular weight excluding hydrogens is 468 g/mol. The molecule has 0 atom stereocenters. The predicted molar refractivity (Wildman–Crippen MR) is 136 cm³/mol. The zero-order chi connectivity index (χ0) is 26.1. The fourth-order valence-electron chi connectivity index (χ4n) is 3.07. The number of aromatic hydroxyl groups is 1. The lowest BCUT2D eigenvalue weighted by Crippen LogP contribution is -2.24. The molecule has 0 fully saturated rings. The molecule has 9 nitrogen and oxygen atoms in total. The average molecular weight is 493 g/mol. The van der Waals surface area contributed by atoms with Crippen LogP contribution in [0.4, 0.5) is 5.69 Å². The molecule has 180 valence electrons. The van der Waals surface area contributed by atoms with Gasteiger partial charge in [-0.05, 0) is 42.9 Å². The lowest BCUT2D eigenvalue weighted by molar-refractivity contribution is -0.110. The number of methoxy groups -OCH3 is 1. The molecule has 0 radical (unpaired) electrons. The number of carboxylic acids is 1. The molecule has 0 aliphatic carbocycles. The van der Waals surface area contributed by atoms with E-state index in [1.807, 2.05) is 13.0 Å². The van der Waals surface area contributed by atoms with E-state index in [9.17, 15) is 19.8 Å². The number of phenols is 1. The number of carboxylic acid groups (broad SMARTS) is 1. The molecule has 0 aliphatic rings. The summed E-state index contributed by atoms with van der Waals surface area (Å²) in [6.07, 6.45) is 0. The molecule has 3 rings (SSSR count). The maximum Gasteiger partial charge on any atom is 0.337 e. The zero-order valence-corrected chi connectivity index (χ0v) is 19.9. The van der Waals surface area contributed by atoms with Crippen molar-refractivity contribution < 1.29 is 24.5 Å². The molecule has 3 aromatic carbocycles. The molecule has 0 aliphatic heterocycles. The number of ether oxygens (including phenoxy) is 1. The molecule has 1 amide bonds. The van der Waals surface area contributed by atoms with E-state index in [0.29, 0.717) is 21.8 Å². The van der Waals surface area contributed by atoms with Gasteiger partial charge in [0.15, 0.2) is 0 Å². The number of hydrogen-bond donors (Lipinski definition) is 6. The van der Waals surface area contributed by atoms with Crippen LogP contribution in [0.25, 0.3) is 11.1 Å². The number of nitrogens with zero attached hydrogens (tertiary/aromatic N) is 1. The maximum atomic E-state index is 12.6. The summed E-state index contributed by atoms with van der Waals surface area (Å²) in [5.74, 6) is -2.05. The summed E-state index contributed by atoms with van der Waals surface area (Å²) < 4.78 is 5.33. The van der Waals surface area contributed by atoms with E-state index >= 15 is 0 Å². The van der Waals surface area contributed by atoms with Gasteiger partial charge in [0.1, 0.15) is 17.2 Å². The van der Waals surface area contributed by atoms with Gasteiger partial charge in [-0.25, -0.2) is 4.79 Å². The van der Waals surface area contributed by atoms with Gasteiger partial charge in [0.2, 0.25) is 0 Å². The average Bonchev–Trinajstić information content (AvgIpc) is 2.85. The Hall–Kier alpha value is -4.33. The standard InChI is InChI=1S/C23H17N3O5S.C2H7N/c1-31-19-5-3-2-4-13(19)14-9-18(27)16(10-20(14)32)21(25)22(28)26-17-7-6-12(11-24)8-15(17)23(29)30;1-2-3/h2-10,25,27,32H,1H3,(H,26,28)(H,29,30);2-3H2,1H3. The smallest absolute Gasteiger partial charge is 0.337 e. The van der Waals surface area contributed by atoms with E-state index in [1.165, 1.54) is 31.4 Å². The third kappa shape index (κ3) is 6.38. The monoisotopic (exact) mass is 492 g/mol. The number of nitrogens with two attached hydrogens (primary N) is 1. The zero-order valence-electron chi connectivity index (χ0n) is 19.0. The number of benzene rings is 3. The van der Waals surface area contributed by atoms with Crippen LogP contribution in [-0.2, 0) is 4.79 Å². The van der Waals surface area contributed by atoms with Gasteiger partial charge in [-0.15, -0.1) is 12.6 Å². The molecule has 0 unspecified atom stereocenters. The highest BCUT2D eigenvalue weighted by Gasteiger charge is 2.21. The Morgan fingerprint density at radius 2 is 1.80 bits per heavy atom. The van der Waals surface area contributed by atoms with Crippen molar-refractivity contribution in [3.63, 3.8) is 0 Å². The normalized spacial score (nSPS) is 9.80. The van der Waals surface area contributed by atoms with Crippen LogP contribution < -0.4 is 15.8 Å². The number of hydrogen-bond acceptors (Lipinski definition) is 8. The molecular formula is C25H24N4O5S. The molecule has 3 aromatic rings. The number of carbonyl (C=O) groups excluding carboxylic acids is 1. The van der Waals surface area contributed by atoms with Crippen LogP contribution in [0.15, 0.2) is 59.5 Å². The van der Waals surface area contributed by atoms with Crippen molar-refractivity contribution in [3.05, 3.63) is 71.3 Å². The van der Waals surface area contributed by atoms with Crippen LogP contribution in [0.2, 0.25) is 0 Å². The molecule has 6 N–H and O–H groups in total. The molecule has 0 heterocycles. The summed E-state index contributed by atoms with van der Waals surface area (Å²) in [4.78, 5) is 24.5. The van der Waals surface area contributed by atoms with Gasteiger partial charge >= 0.3 is 5.97 Å². The lowest BCUT2D eigenvalue weighted by atomic mass is 9.99. The van der Waals surface area contributed by atoms with Crippen LogP contribution in [0, 0.1) is 16.7 Å². The van der Waals surface area contributed by atoms with Crippen LogP contribution in [0.3, 0.4) is 0 Å². The summed E-state index contributed by atoms with van der Waals surface area (Å²) in [6.45, 7) is 2.65. The second kappa shape index (κ2) is 12.2. The van der Waals surface area contributed by atoms with Gasteiger partial charge in [-0.2, -0.15) is 5.26 Å². The van der Waals surface area contributed by atoms with Crippen molar-refractivity contribution >= 4 is 35.9 Å². The number of rotatable bonds is 6. The number of carbonyl (C=O) groups is 2. The first-order chi connectivity index (χ1) is 16.7. The highest BCUT2D eigenvalue weighted by Crippen LogP contribution is 2.37. The highest BCUT2D eigenvalue weighted by atomic mass is 32.1. The Labute approximate surface area is 207 Å². The first-order valence-electron chi connectivity index (χ1n) is 10.3. The summed E-state index contributed by atoms with van der Waals surface area (Å²) in [7, 11) is 1.51. The Morgan fingerprint density at radius 3 is 2.40 bits per heavy atom. The summed E-state index contributed by atoms with van der Waals surface area (Å²) in [6, 6.07) is 15.4. The van der Waals surface area contributed by atoms with Gasteiger partial charge in [-0.3, -0.25) is 10.2 Å². The first-order valence-corrected chi connectivity index (χ1v) is 10.7. The van der Waals surface area contributed by atoms with E-state index in [2.05, 4.69) is 17.9 Å². The van der Waals surface area contributed by atoms with Crippen LogP contribution >= 0.6 is 12.6 Å². The SMILES string of the molecule is CCN.COc1ccccc1-c1cc(O)c(C(=N)C(=O)Nc2ccc(C#N)cc2C(=O)O)cc1S. The van der Waals surface area contributed by atoms with Crippen molar-refractivity contribution in [1.82, 2.24) is 0 Å². The van der Waals surface area contributed by atoms with Crippen molar-refractivity contribution in [2.24, 2.45) is 5.73 Å². The number of thiol groups is 1. The third-order valence-electron chi connectivity index (χ3n) is 4.63. The molecule has 0 saturated heterocycles. The Balaban J connectivity index is 0.00000137. The number of nitriles is 1. The van der Waals surface area contributed by atoms with Crippen LogP contribution in [0.1, 0.15) is 28.4 Å². The van der Waals surface area contributed by atoms with Gasteiger partial charge in [0.05, 0.1) is 30.0 Å². The van der Waals surface area contributed by atoms with E-state index in [4.69, 9.17) is 21.1 Å². The number of anilines is 1. The lowest BCUT2D eigenvalue weighted by Gasteiger charge is -2.14. The Kier molecular flexibility index (Phi) is 9.40. The van der Waals surface area contributed by atoms with Gasteiger partial charge in [0, 0.05) is 21.6 Å². The molecule has 0 bridgehead atoms. The van der Waals surface area contributed by atoms with Crippen LogP contribution in [0.5, 0.6) is 11.5 Å². The third-order valence-corrected chi connectivity index (χ3v) is 5.00. The van der Waals surface area contributed by atoms with E-state index < -0.39 is 17.6 Å². The van der Waals surface area contributed by atoms with Crippen molar-refractivity contribution in [2.75, 3.05) is 19.0 Å². The quantitative estimate of drug-likeness (QED) is 0.224. The van der Waals surface area contributed by atoms with E-state index in [1.54, 1.807) is 24.3 Å². The van der Waals surface area contributed by atoms with Crippen molar-refractivity contribution in [3.8, 4) is 28.7 Å². The number of phenolic OH excluding ortho intramolecular Hbond substituents is 1. The summed E-state index contributed by atoms with van der Waals surface area (Å²) in [5, 5.41) is 39.3. The highest BCUT2D eigenvalue weighted by molar-refractivity contribution is 7.80.